The van der Waals surface area contributed by atoms with Gasteiger partial charge in [-0.05, 0) is 36.2 Å². The van der Waals surface area contributed by atoms with E-state index in [9.17, 15) is 4.79 Å². The van der Waals surface area contributed by atoms with Crippen LogP contribution in [0.5, 0.6) is 0 Å². The van der Waals surface area contributed by atoms with Crippen LogP contribution < -0.4 is 10.2 Å². The Bertz CT molecular complexity index is 879. The summed E-state index contributed by atoms with van der Waals surface area (Å²) in [6.45, 7) is 4.75. The van der Waals surface area contributed by atoms with Crippen molar-refractivity contribution in [3.05, 3.63) is 65.0 Å². The maximum absolute atomic E-state index is 12.6. The number of anilines is 1. The van der Waals surface area contributed by atoms with E-state index in [0.29, 0.717) is 6.54 Å². The highest BCUT2D eigenvalue weighted by Crippen LogP contribution is 2.26. The minimum absolute atomic E-state index is 0.000574. The summed E-state index contributed by atoms with van der Waals surface area (Å²) in [5, 5.41) is 4.22. The SMILES string of the molecule is CN1CCN(c2ccccc2CNC(=O)c2cc3ccccc3s2)CC1. The number of rotatable bonds is 4. The fourth-order valence-corrected chi connectivity index (χ4v) is 4.35. The number of nitrogens with one attached hydrogen (secondary N) is 1. The van der Waals surface area contributed by atoms with E-state index in [4.69, 9.17) is 0 Å². The fraction of sp³-hybridized carbons (Fsp3) is 0.286. The van der Waals surface area contributed by atoms with Crippen LogP contribution in [0, 0.1) is 0 Å². The molecule has 1 amide bonds. The molecule has 4 nitrogen and oxygen atoms in total. The summed E-state index contributed by atoms with van der Waals surface area (Å²) in [5.74, 6) is -0.000574. The van der Waals surface area contributed by atoms with E-state index in [1.165, 1.54) is 11.3 Å². The number of piperazine rings is 1. The van der Waals surface area contributed by atoms with Crippen molar-refractivity contribution in [2.45, 2.75) is 6.54 Å². The van der Waals surface area contributed by atoms with E-state index >= 15 is 0 Å². The van der Waals surface area contributed by atoms with E-state index in [-0.39, 0.29) is 5.91 Å². The van der Waals surface area contributed by atoms with Gasteiger partial charge in [0.15, 0.2) is 0 Å². The number of amides is 1. The van der Waals surface area contributed by atoms with Gasteiger partial charge in [-0.2, -0.15) is 0 Å². The van der Waals surface area contributed by atoms with Crippen LogP contribution in [0.4, 0.5) is 5.69 Å². The molecule has 3 aromatic rings. The van der Waals surface area contributed by atoms with Crippen LogP contribution in [0.1, 0.15) is 15.2 Å². The van der Waals surface area contributed by atoms with Crippen molar-refractivity contribution in [1.82, 2.24) is 10.2 Å². The molecule has 4 rings (SSSR count). The zero-order valence-corrected chi connectivity index (χ0v) is 15.8. The van der Waals surface area contributed by atoms with Crippen LogP contribution in [0.25, 0.3) is 10.1 Å². The zero-order chi connectivity index (χ0) is 17.9. The maximum atomic E-state index is 12.6. The van der Waals surface area contributed by atoms with Crippen LogP contribution in [0.2, 0.25) is 0 Å². The Morgan fingerprint density at radius 2 is 1.77 bits per heavy atom. The molecule has 1 N–H and O–H groups in total. The van der Waals surface area contributed by atoms with E-state index in [2.05, 4.69) is 46.4 Å². The predicted octanol–water partition coefficient (Wildman–Crippen LogP) is 3.58. The summed E-state index contributed by atoms with van der Waals surface area (Å²) < 4.78 is 1.15. The number of hydrogen-bond donors (Lipinski definition) is 1. The molecule has 1 aromatic heterocycles. The summed E-state index contributed by atoms with van der Waals surface area (Å²) in [7, 11) is 2.16. The molecule has 0 radical (unpaired) electrons. The quantitative estimate of drug-likeness (QED) is 0.768. The molecule has 134 valence electrons. The number of carbonyl (C=O) groups is 1. The van der Waals surface area contributed by atoms with Crippen molar-refractivity contribution in [1.29, 1.82) is 0 Å². The van der Waals surface area contributed by atoms with Gasteiger partial charge < -0.3 is 15.1 Å². The van der Waals surface area contributed by atoms with Gasteiger partial charge in [0.25, 0.3) is 5.91 Å². The lowest BCUT2D eigenvalue weighted by Crippen LogP contribution is -2.45. The fourth-order valence-electron chi connectivity index (χ4n) is 3.37. The molecule has 0 unspecified atom stereocenters. The van der Waals surface area contributed by atoms with Gasteiger partial charge in [0.1, 0.15) is 0 Å². The lowest BCUT2D eigenvalue weighted by molar-refractivity contribution is 0.0955. The van der Waals surface area contributed by atoms with Gasteiger partial charge in [-0.1, -0.05) is 36.4 Å². The molecule has 1 fully saturated rings. The standard InChI is InChI=1S/C21H23N3OS/c1-23-10-12-24(13-11-23)18-8-4-2-7-17(18)15-22-21(25)20-14-16-6-3-5-9-19(16)26-20/h2-9,14H,10-13,15H2,1H3,(H,22,25). The Labute approximate surface area is 158 Å². The van der Waals surface area contributed by atoms with Crippen molar-refractivity contribution in [2.75, 3.05) is 38.1 Å². The molecule has 0 aliphatic carbocycles. The Balaban J connectivity index is 1.46. The summed E-state index contributed by atoms with van der Waals surface area (Å²) >= 11 is 1.55. The summed E-state index contributed by atoms with van der Waals surface area (Å²) in [4.78, 5) is 18.1. The zero-order valence-electron chi connectivity index (χ0n) is 14.9. The van der Waals surface area contributed by atoms with Crippen LogP contribution >= 0.6 is 11.3 Å². The van der Waals surface area contributed by atoms with Crippen molar-refractivity contribution in [3.63, 3.8) is 0 Å². The van der Waals surface area contributed by atoms with E-state index in [1.807, 2.05) is 30.3 Å². The average Bonchev–Trinajstić information content (AvgIpc) is 3.11. The minimum Gasteiger partial charge on any atom is -0.369 e. The molecule has 0 bridgehead atoms. The number of fused-ring (bicyclic) bond motifs is 1. The first-order chi connectivity index (χ1) is 12.7. The largest absolute Gasteiger partial charge is 0.369 e. The first-order valence-electron chi connectivity index (χ1n) is 8.99. The number of likely N-dealkylation sites (N-methyl/N-ethyl adjacent to an activating group) is 1. The van der Waals surface area contributed by atoms with Crippen LogP contribution in [-0.4, -0.2) is 44.0 Å². The van der Waals surface area contributed by atoms with Gasteiger partial charge in [-0.15, -0.1) is 11.3 Å². The maximum Gasteiger partial charge on any atom is 0.261 e. The Kier molecular flexibility index (Phi) is 4.91. The van der Waals surface area contributed by atoms with Gasteiger partial charge in [-0.25, -0.2) is 0 Å². The summed E-state index contributed by atoms with van der Waals surface area (Å²) in [6, 6.07) is 18.5. The molecule has 2 aromatic carbocycles. The normalized spacial score (nSPS) is 15.3. The van der Waals surface area contributed by atoms with Gasteiger partial charge in [0.2, 0.25) is 0 Å². The first-order valence-corrected chi connectivity index (χ1v) is 9.80. The molecule has 0 saturated carbocycles. The summed E-state index contributed by atoms with van der Waals surface area (Å²) in [5.41, 5.74) is 2.41. The topological polar surface area (TPSA) is 35.6 Å². The van der Waals surface area contributed by atoms with Crippen LogP contribution in [0.15, 0.2) is 54.6 Å². The van der Waals surface area contributed by atoms with Gasteiger partial charge >= 0.3 is 0 Å². The van der Waals surface area contributed by atoms with E-state index < -0.39 is 0 Å². The molecule has 0 atom stereocenters. The molecule has 1 aliphatic heterocycles. The molecule has 26 heavy (non-hydrogen) atoms. The van der Waals surface area contributed by atoms with Crippen molar-refractivity contribution >= 4 is 33.0 Å². The molecule has 1 aliphatic rings. The lowest BCUT2D eigenvalue weighted by Gasteiger charge is -2.35. The minimum atomic E-state index is -0.000574. The van der Waals surface area contributed by atoms with Gasteiger partial charge in [-0.3, -0.25) is 4.79 Å². The number of carbonyl (C=O) groups excluding carboxylic acids is 1. The van der Waals surface area contributed by atoms with Crippen molar-refractivity contribution < 1.29 is 4.79 Å². The molecular formula is C21H23N3OS. The lowest BCUT2D eigenvalue weighted by atomic mass is 10.1. The van der Waals surface area contributed by atoms with Gasteiger partial charge in [0.05, 0.1) is 4.88 Å². The third-order valence-electron chi connectivity index (χ3n) is 4.92. The smallest absolute Gasteiger partial charge is 0.261 e. The van der Waals surface area contributed by atoms with Crippen molar-refractivity contribution in [3.8, 4) is 0 Å². The Morgan fingerprint density at radius 1 is 1.04 bits per heavy atom. The van der Waals surface area contributed by atoms with Crippen LogP contribution in [-0.2, 0) is 6.54 Å². The third-order valence-corrected chi connectivity index (χ3v) is 6.04. The molecule has 2 heterocycles. The average molecular weight is 366 g/mol. The van der Waals surface area contributed by atoms with E-state index in [0.717, 1.165) is 41.1 Å². The highest BCUT2D eigenvalue weighted by Gasteiger charge is 2.17. The second kappa shape index (κ2) is 7.48. The second-order valence-electron chi connectivity index (χ2n) is 6.75. The number of hydrogen-bond acceptors (Lipinski definition) is 4. The predicted molar refractivity (Wildman–Crippen MR) is 109 cm³/mol. The highest BCUT2D eigenvalue weighted by molar-refractivity contribution is 7.20. The first kappa shape index (κ1) is 17.1. The summed E-state index contributed by atoms with van der Waals surface area (Å²) in [6.07, 6.45) is 0. The number of para-hydroxylation sites is 1. The molecule has 1 saturated heterocycles. The second-order valence-corrected chi connectivity index (χ2v) is 7.83. The number of benzene rings is 2. The van der Waals surface area contributed by atoms with Gasteiger partial charge in [0, 0.05) is 43.1 Å². The third kappa shape index (κ3) is 3.59. The highest BCUT2D eigenvalue weighted by atomic mass is 32.1. The molecular weight excluding hydrogens is 342 g/mol. The van der Waals surface area contributed by atoms with E-state index in [1.54, 1.807) is 11.3 Å². The molecule has 0 spiro atoms. The number of thiophene rings is 1. The number of nitrogens with zero attached hydrogens (tertiary/aromatic N) is 2. The molecule has 5 heteroatoms. The Hall–Kier alpha value is -2.37. The van der Waals surface area contributed by atoms with Crippen molar-refractivity contribution in [2.24, 2.45) is 0 Å². The Morgan fingerprint density at radius 3 is 2.58 bits per heavy atom. The monoisotopic (exact) mass is 365 g/mol. The van der Waals surface area contributed by atoms with Crippen LogP contribution in [0.3, 0.4) is 0 Å².